The first kappa shape index (κ1) is 24.4. The van der Waals surface area contributed by atoms with Crippen LogP contribution >= 0.6 is 0 Å². The summed E-state index contributed by atoms with van der Waals surface area (Å²) >= 11 is 0. The van der Waals surface area contributed by atoms with Crippen LogP contribution in [-0.2, 0) is 22.5 Å². The van der Waals surface area contributed by atoms with Gasteiger partial charge >= 0.3 is 5.69 Å². The van der Waals surface area contributed by atoms with Gasteiger partial charge in [-0.3, -0.25) is 14.3 Å². The lowest BCUT2D eigenvalue weighted by atomic mass is 10.1. The van der Waals surface area contributed by atoms with Crippen LogP contribution in [0, 0.1) is 11.3 Å². The highest BCUT2D eigenvalue weighted by Crippen LogP contribution is 2.19. The molecule has 0 unspecified atom stereocenters. The topological polar surface area (TPSA) is 105 Å². The van der Waals surface area contributed by atoms with Crippen LogP contribution in [0.2, 0.25) is 0 Å². The van der Waals surface area contributed by atoms with E-state index in [9.17, 15) is 14.9 Å². The maximum atomic E-state index is 13.4. The Morgan fingerprint density at radius 3 is 2.60 bits per heavy atom. The van der Waals surface area contributed by atoms with E-state index in [1.165, 1.54) is 14.8 Å². The standard InChI is InChI=1S/C26H30N6O3/c1-19(2)28-24(33)18-31-25(22-5-3-4-21(16-22)17-27)29-32(26(31)34)23-8-6-20(7-9-23)10-11-30-12-14-35-15-13-30/h3-9,16,19H,10-15,18H2,1-2H3,(H,28,33). The van der Waals surface area contributed by atoms with Gasteiger partial charge in [-0.2, -0.15) is 9.94 Å². The Morgan fingerprint density at radius 2 is 1.91 bits per heavy atom. The lowest BCUT2D eigenvalue weighted by Gasteiger charge is -2.26. The van der Waals surface area contributed by atoms with E-state index in [4.69, 9.17) is 4.74 Å². The van der Waals surface area contributed by atoms with Crippen molar-refractivity contribution >= 4 is 5.91 Å². The smallest absolute Gasteiger partial charge is 0.351 e. The molecular weight excluding hydrogens is 444 g/mol. The van der Waals surface area contributed by atoms with Crippen LogP contribution in [0.15, 0.2) is 53.3 Å². The predicted octanol–water partition coefficient (Wildman–Crippen LogP) is 1.97. The Kier molecular flexibility index (Phi) is 7.75. The first-order valence-corrected chi connectivity index (χ1v) is 11.8. The molecule has 1 saturated heterocycles. The predicted molar refractivity (Wildman–Crippen MR) is 132 cm³/mol. The number of carbonyl (C=O) groups is 1. The van der Waals surface area contributed by atoms with Crippen LogP contribution in [0.25, 0.3) is 17.1 Å². The Bertz CT molecular complexity index is 1260. The molecule has 1 N–H and O–H groups in total. The van der Waals surface area contributed by atoms with Crippen LogP contribution in [0.1, 0.15) is 25.0 Å². The van der Waals surface area contributed by atoms with E-state index >= 15 is 0 Å². The van der Waals surface area contributed by atoms with E-state index < -0.39 is 5.69 Å². The van der Waals surface area contributed by atoms with Gasteiger partial charge in [-0.15, -0.1) is 5.10 Å². The fourth-order valence-corrected chi connectivity index (χ4v) is 4.08. The van der Waals surface area contributed by atoms with Crippen molar-refractivity contribution in [2.75, 3.05) is 32.8 Å². The van der Waals surface area contributed by atoms with Crippen molar-refractivity contribution in [1.82, 2.24) is 24.6 Å². The van der Waals surface area contributed by atoms with E-state index in [0.29, 0.717) is 22.6 Å². The van der Waals surface area contributed by atoms with Crippen molar-refractivity contribution < 1.29 is 9.53 Å². The first-order valence-electron chi connectivity index (χ1n) is 11.8. The zero-order chi connectivity index (χ0) is 24.8. The molecule has 9 nitrogen and oxygen atoms in total. The largest absolute Gasteiger partial charge is 0.379 e. The Labute approximate surface area is 204 Å². The number of ether oxygens (including phenoxy) is 1. The molecule has 0 spiro atoms. The molecule has 182 valence electrons. The van der Waals surface area contributed by atoms with Gasteiger partial charge in [-0.25, -0.2) is 4.79 Å². The summed E-state index contributed by atoms with van der Waals surface area (Å²) in [5, 5.41) is 16.7. The van der Waals surface area contributed by atoms with Gasteiger partial charge < -0.3 is 10.1 Å². The van der Waals surface area contributed by atoms with Crippen molar-refractivity contribution in [3.63, 3.8) is 0 Å². The lowest BCUT2D eigenvalue weighted by molar-refractivity contribution is -0.122. The Balaban J connectivity index is 1.62. The molecule has 1 amide bonds. The minimum Gasteiger partial charge on any atom is -0.379 e. The maximum absolute atomic E-state index is 13.4. The molecule has 0 radical (unpaired) electrons. The number of morpholine rings is 1. The Morgan fingerprint density at radius 1 is 1.17 bits per heavy atom. The second kappa shape index (κ2) is 11.1. The van der Waals surface area contributed by atoms with Gasteiger partial charge in [0.25, 0.3) is 0 Å². The van der Waals surface area contributed by atoms with Crippen LogP contribution in [0.5, 0.6) is 0 Å². The van der Waals surface area contributed by atoms with Gasteiger partial charge in [-0.1, -0.05) is 24.3 Å². The zero-order valence-corrected chi connectivity index (χ0v) is 20.1. The Hall–Kier alpha value is -3.74. The number of amides is 1. The zero-order valence-electron chi connectivity index (χ0n) is 20.1. The average Bonchev–Trinajstić information content (AvgIpc) is 3.19. The highest BCUT2D eigenvalue weighted by molar-refractivity contribution is 5.76. The maximum Gasteiger partial charge on any atom is 0.351 e. The molecule has 0 bridgehead atoms. The van der Waals surface area contributed by atoms with E-state index in [2.05, 4.69) is 21.4 Å². The molecule has 1 aliphatic rings. The fraction of sp³-hybridized carbons (Fsp3) is 0.385. The number of benzene rings is 2. The van der Waals surface area contributed by atoms with Crippen molar-refractivity contribution in [3.8, 4) is 23.1 Å². The summed E-state index contributed by atoms with van der Waals surface area (Å²) in [4.78, 5) is 28.2. The molecule has 9 heteroatoms. The lowest BCUT2D eigenvalue weighted by Crippen LogP contribution is -2.37. The van der Waals surface area contributed by atoms with E-state index in [-0.39, 0.29) is 18.5 Å². The van der Waals surface area contributed by atoms with E-state index in [1.54, 1.807) is 24.3 Å². The van der Waals surface area contributed by atoms with Gasteiger partial charge in [0.2, 0.25) is 5.91 Å². The molecule has 0 atom stereocenters. The highest BCUT2D eigenvalue weighted by atomic mass is 16.5. The summed E-state index contributed by atoms with van der Waals surface area (Å²) in [7, 11) is 0. The molecule has 4 rings (SSSR count). The normalized spacial score (nSPS) is 14.1. The average molecular weight is 475 g/mol. The molecule has 0 aliphatic carbocycles. The summed E-state index contributed by atoms with van der Waals surface area (Å²) in [6, 6.07) is 16.7. The minimum absolute atomic E-state index is 0.0522. The van der Waals surface area contributed by atoms with Gasteiger partial charge in [0.1, 0.15) is 6.54 Å². The van der Waals surface area contributed by atoms with Crippen LogP contribution in [0.3, 0.4) is 0 Å². The summed E-state index contributed by atoms with van der Waals surface area (Å²) in [6.45, 7) is 7.97. The number of nitrogens with zero attached hydrogens (tertiary/aromatic N) is 5. The third kappa shape index (κ3) is 6.04. The molecule has 1 fully saturated rings. The van der Waals surface area contributed by atoms with Crippen LogP contribution in [-0.4, -0.2) is 64.0 Å². The number of carbonyl (C=O) groups excluding carboxylic acids is 1. The molecule has 1 aliphatic heterocycles. The monoisotopic (exact) mass is 474 g/mol. The van der Waals surface area contributed by atoms with Gasteiger partial charge in [0.05, 0.1) is 30.5 Å². The molecule has 2 heterocycles. The van der Waals surface area contributed by atoms with Gasteiger partial charge in [0, 0.05) is 31.2 Å². The third-order valence-corrected chi connectivity index (χ3v) is 5.87. The number of hydrogen-bond acceptors (Lipinski definition) is 6. The summed E-state index contributed by atoms with van der Waals surface area (Å²) < 4.78 is 8.06. The molecule has 35 heavy (non-hydrogen) atoms. The molecule has 2 aromatic carbocycles. The summed E-state index contributed by atoms with van der Waals surface area (Å²) in [5.41, 5.74) is 2.42. The van der Waals surface area contributed by atoms with Crippen molar-refractivity contribution in [2.45, 2.75) is 32.9 Å². The second-order valence-corrected chi connectivity index (χ2v) is 8.89. The number of rotatable bonds is 8. The minimum atomic E-state index is -0.415. The first-order chi connectivity index (χ1) is 16.9. The summed E-state index contributed by atoms with van der Waals surface area (Å²) in [6.07, 6.45) is 0.908. The van der Waals surface area contributed by atoms with Gasteiger partial charge in [-0.05, 0) is 50.1 Å². The SMILES string of the molecule is CC(C)NC(=O)Cn1c(-c2cccc(C#N)c2)nn(-c2ccc(CCN3CCOCC3)cc2)c1=O. The van der Waals surface area contributed by atoms with Crippen molar-refractivity contribution in [2.24, 2.45) is 0 Å². The van der Waals surface area contributed by atoms with Crippen LogP contribution < -0.4 is 11.0 Å². The van der Waals surface area contributed by atoms with Crippen molar-refractivity contribution in [1.29, 1.82) is 5.26 Å². The highest BCUT2D eigenvalue weighted by Gasteiger charge is 2.19. The fourth-order valence-electron chi connectivity index (χ4n) is 4.08. The summed E-state index contributed by atoms with van der Waals surface area (Å²) in [5.74, 6) is 0.0557. The number of nitriles is 1. The quantitative estimate of drug-likeness (QED) is 0.535. The molecule has 0 saturated carbocycles. The number of hydrogen-bond donors (Lipinski definition) is 1. The van der Waals surface area contributed by atoms with E-state index in [1.807, 2.05) is 38.1 Å². The van der Waals surface area contributed by atoms with Gasteiger partial charge in [0.15, 0.2) is 5.82 Å². The molecule has 1 aromatic heterocycles. The molecule has 3 aromatic rings. The van der Waals surface area contributed by atoms with E-state index in [0.717, 1.165) is 39.3 Å². The van der Waals surface area contributed by atoms with Crippen LogP contribution in [0.4, 0.5) is 0 Å². The molecular formula is C26H30N6O3. The second-order valence-electron chi connectivity index (χ2n) is 8.89. The third-order valence-electron chi connectivity index (χ3n) is 5.87. The number of nitrogens with one attached hydrogen (secondary N) is 1. The number of aromatic nitrogens is 3. The van der Waals surface area contributed by atoms with Crippen molar-refractivity contribution in [3.05, 3.63) is 70.1 Å².